The number of epoxide rings is 1. The van der Waals surface area contributed by atoms with Crippen LogP contribution in [-0.4, -0.2) is 26.1 Å². The average Bonchev–Trinajstić information content (AvgIpc) is 2.80. The molecule has 1 heterocycles. The van der Waals surface area contributed by atoms with Crippen LogP contribution >= 0.6 is 0 Å². The Morgan fingerprint density at radius 2 is 1.94 bits per heavy atom. The van der Waals surface area contributed by atoms with Crippen LogP contribution in [0, 0.1) is 0 Å². The molecular weight excluding hydrogens is 216 g/mol. The molecule has 94 valence electrons. The molecule has 1 unspecified atom stereocenters. The van der Waals surface area contributed by atoms with Gasteiger partial charge in [-0.2, -0.15) is 0 Å². The van der Waals surface area contributed by atoms with Crippen molar-refractivity contribution in [3.05, 3.63) is 0 Å². The summed E-state index contributed by atoms with van der Waals surface area (Å²) in [5.74, 6) is 0. The number of hydrogen-bond donors (Lipinski definition) is 0. The fraction of sp³-hybridized carbons (Fsp3) is 1.00. The Balaban J connectivity index is 2.08. The summed E-state index contributed by atoms with van der Waals surface area (Å²) < 4.78 is 12.3. The van der Waals surface area contributed by atoms with Gasteiger partial charge in [0.15, 0.2) is 8.32 Å². The quantitative estimate of drug-likeness (QED) is 0.544. The Labute approximate surface area is 101 Å². The minimum atomic E-state index is -1.66. The van der Waals surface area contributed by atoms with Crippen LogP contribution < -0.4 is 0 Å². The minimum absolute atomic E-state index is 0.00802. The maximum Gasteiger partial charge on any atom is 0.192 e. The number of fused-ring (bicyclic) bond motifs is 1. The van der Waals surface area contributed by atoms with Crippen LogP contribution in [0.15, 0.2) is 0 Å². The van der Waals surface area contributed by atoms with Crippen molar-refractivity contribution in [3.8, 4) is 0 Å². The van der Waals surface area contributed by atoms with Crippen molar-refractivity contribution in [1.29, 1.82) is 0 Å². The topological polar surface area (TPSA) is 21.8 Å². The second kappa shape index (κ2) is 3.56. The molecule has 2 rings (SSSR count). The van der Waals surface area contributed by atoms with Gasteiger partial charge in [-0.1, -0.05) is 20.8 Å². The van der Waals surface area contributed by atoms with E-state index in [1.165, 1.54) is 19.3 Å². The highest BCUT2D eigenvalue weighted by atomic mass is 28.4. The van der Waals surface area contributed by atoms with Gasteiger partial charge in [0.05, 0.1) is 11.7 Å². The first-order valence-corrected chi connectivity index (χ1v) is 9.42. The highest BCUT2D eigenvalue weighted by molar-refractivity contribution is 6.74. The largest absolute Gasteiger partial charge is 0.409 e. The first kappa shape index (κ1) is 12.6. The molecular formula is C13H26O2Si. The molecule has 0 radical (unpaired) electrons. The van der Waals surface area contributed by atoms with Gasteiger partial charge in [-0.15, -0.1) is 0 Å². The lowest BCUT2D eigenvalue weighted by molar-refractivity contribution is 0.0294. The van der Waals surface area contributed by atoms with E-state index in [0.29, 0.717) is 12.2 Å². The van der Waals surface area contributed by atoms with Crippen LogP contribution in [0.4, 0.5) is 0 Å². The number of ether oxygens (including phenoxy) is 1. The lowest BCUT2D eigenvalue weighted by atomic mass is 9.87. The van der Waals surface area contributed by atoms with Crippen LogP contribution in [0.25, 0.3) is 0 Å². The van der Waals surface area contributed by atoms with Crippen molar-refractivity contribution < 1.29 is 9.16 Å². The van der Waals surface area contributed by atoms with Crippen LogP contribution in [-0.2, 0) is 9.16 Å². The SMILES string of the molecule is CC(C)(C)[Si](C)(C)O[C@]1(C)CCC[C@H]2OC21. The molecule has 1 saturated carbocycles. The Morgan fingerprint density at radius 3 is 2.50 bits per heavy atom. The van der Waals surface area contributed by atoms with Gasteiger partial charge >= 0.3 is 0 Å². The Bertz CT molecular complexity index is 282. The van der Waals surface area contributed by atoms with E-state index < -0.39 is 8.32 Å². The molecule has 2 fully saturated rings. The minimum Gasteiger partial charge on any atom is -0.409 e. The van der Waals surface area contributed by atoms with Gasteiger partial charge in [-0.3, -0.25) is 0 Å². The third-order valence-electron chi connectivity index (χ3n) is 4.64. The van der Waals surface area contributed by atoms with E-state index in [9.17, 15) is 0 Å². The van der Waals surface area contributed by atoms with Crippen molar-refractivity contribution in [2.24, 2.45) is 0 Å². The first-order chi connectivity index (χ1) is 7.16. The van der Waals surface area contributed by atoms with E-state index in [-0.39, 0.29) is 10.6 Å². The zero-order valence-electron chi connectivity index (χ0n) is 11.6. The van der Waals surface area contributed by atoms with Crippen LogP contribution in [0.1, 0.15) is 47.0 Å². The molecule has 1 aliphatic heterocycles. The monoisotopic (exact) mass is 242 g/mol. The van der Waals surface area contributed by atoms with Gasteiger partial charge in [-0.25, -0.2) is 0 Å². The third kappa shape index (κ3) is 2.09. The molecule has 0 N–H and O–H groups in total. The summed E-state index contributed by atoms with van der Waals surface area (Å²) in [5.41, 5.74) is -0.00802. The van der Waals surface area contributed by atoms with E-state index in [0.717, 1.165) is 0 Å². The molecule has 16 heavy (non-hydrogen) atoms. The van der Waals surface area contributed by atoms with Gasteiger partial charge in [0.2, 0.25) is 0 Å². The summed E-state index contributed by atoms with van der Waals surface area (Å²) in [6.07, 6.45) is 4.55. The number of hydrogen-bond acceptors (Lipinski definition) is 2. The van der Waals surface area contributed by atoms with Crippen LogP contribution in [0.2, 0.25) is 18.1 Å². The maximum atomic E-state index is 6.60. The normalized spacial score (nSPS) is 39.4. The van der Waals surface area contributed by atoms with E-state index >= 15 is 0 Å². The molecule has 0 aromatic rings. The molecule has 2 aliphatic rings. The molecule has 0 bridgehead atoms. The zero-order chi connectivity index (χ0) is 12.2. The molecule has 0 spiro atoms. The molecule has 0 aromatic heterocycles. The average molecular weight is 242 g/mol. The highest BCUT2D eigenvalue weighted by Crippen LogP contribution is 2.49. The first-order valence-electron chi connectivity index (χ1n) is 6.51. The predicted octanol–water partition coefficient (Wildman–Crippen LogP) is 3.72. The standard InChI is InChI=1S/C13H26O2Si/c1-12(2,3)16(5,6)15-13(4)9-7-8-10-11(13)14-10/h10-11H,7-9H2,1-6H3/t10-,11?,13-/m1/s1. The van der Waals surface area contributed by atoms with E-state index in [1.807, 2.05) is 0 Å². The summed E-state index contributed by atoms with van der Waals surface area (Å²) in [5, 5.41) is 0.290. The maximum absolute atomic E-state index is 6.60. The predicted molar refractivity (Wildman–Crippen MR) is 69.2 cm³/mol. The van der Waals surface area contributed by atoms with Crippen molar-refractivity contribution in [3.63, 3.8) is 0 Å². The molecule has 0 aromatic carbocycles. The van der Waals surface area contributed by atoms with Crippen molar-refractivity contribution in [2.75, 3.05) is 0 Å². The van der Waals surface area contributed by atoms with E-state index in [1.54, 1.807) is 0 Å². The Hall–Kier alpha value is 0.137. The van der Waals surface area contributed by atoms with Gasteiger partial charge in [0, 0.05) is 0 Å². The molecule has 3 atom stereocenters. The lowest BCUT2D eigenvalue weighted by Gasteiger charge is -2.44. The van der Waals surface area contributed by atoms with E-state index in [2.05, 4.69) is 40.8 Å². The summed E-state index contributed by atoms with van der Waals surface area (Å²) >= 11 is 0. The van der Waals surface area contributed by atoms with Gasteiger partial charge in [0.25, 0.3) is 0 Å². The second-order valence-electron chi connectivity index (χ2n) is 7.16. The summed E-state index contributed by atoms with van der Waals surface area (Å²) in [4.78, 5) is 0. The third-order valence-corrected chi connectivity index (χ3v) is 9.23. The smallest absolute Gasteiger partial charge is 0.192 e. The van der Waals surface area contributed by atoms with Crippen molar-refractivity contribution in [2.45, 2.75) is 82.9 Å². The van der Waals surface area contributed by atoms with E-state index in [4.69, 9.17) is 9.16 Å². The molecule has 2 nitrogen and oxygen atoms in total. The highest BCUT2D eigenvalue weighted by Gasteiger charge is 2.57. The van der Waals surface area contributed by atoms with Crippen molar-refractivity contribution >= 4 is 8.32 Å². The van der Waals surface area contributed by atoms with Crippen LogP contribution in [0.3, 0.4) is 0 Å². The summed E-state index contributed by atoms with van der Waals surface area (Å²) in [6, 6.07) is 0. The molecule has 3 heteroatoms. The van der Waals surface area contributed by atoms with Gasteiger partial charge in [0.1, 0.15) is 6.10 Å². The second-order valence-corrected chi connectivity index (χ2v) is 11.9. The lowest BCUT2D eigenvalue weighted by Crippen LogP contribution is -2.52. The molecule has 1 aliphatic carbocycles. The van der Waals surface area contributed by atoms with Gasteiger partial charge in [-0.05, 0) is 44.3 Å². The summed E-state index contributed by atoms with van der Waals surface area (Å²) in [6.45, 7) is 13.8. The number of rotatable bonds is 2. The fourth-order valence-electron chi connectivity index (χ4n) is 2.54. The van der Waals surface area contributed by atoms with Gasteiger partial charge < -0.3 is 9.16 Å². The fourth-order valence-corrected chi connectivity index (χ4v) is 4.23. The van der Waals surface area contributed by atoms with Crippen molar-refractivity contribution in [1.82, 2.24) is 0 Å². The Morgan fingerprint density at radius 1 is 1.31 bits per heavy atom. The molecule has 0 amide bonds. The zero-order valence-corrected chi connectivity index (χ0v) is 12.6. The van der Waals surface area contributed by atoms with Crippen LogP contribution in [0.5, 0.6) is 0 Å². The molecule has 1 saturated heterocycles. The Kier molecular flexibility index (Phi) is 2.80. The summed E-state index contributed by atoms with van der Waals surface area (Å²) in [7, 11) is -1.66.